The number of carboxylic acid groups (broad SMARTS) is 2. The van der Waals surface area contributed by atoms with Crippen LogP contribution >= 0.6 is 15.9 Å². The van der Waals surface area contributed by atoms with E-state index in [0.717, 1.165) is 12.8 Å². The molecule has 0 amide bonds. The number of aromatic amines is 2. The van der Waals surface area contributed by atoms with Crippen LogP contribution in [-0.2, 0) is 0 Å². The molecule has 3 aromatic carbocycles. The minimum Gasteiger partial charge on any atom is -0.490 e. The molecule has 0 unspecified atom stereocenters. The first-order chi connectivity index (χ1) is 23.0. The highest BCUT2D eigenvalue weighted by molar-refractivity contribution is 9.10. The molecule has 5 rings (SSSR count). The zero-order valence-electron chi connectivity index (χ0n) is 26.8. The zero-order chi connectivity index (χ0) is 34.7. The van der Waals surface area contributed by atoms with E-state index in [0.29, 0.717) is 57.5 Å². The van der Waals surface area contributed by atoms with Crippen LogP contribution in [0.4, 0.5) is 0 Å². The van der Waals surface area contributed by atoms with Gasteiger partial charge in [0.25, 0.3) is 11.1 Å². The van der Waals surface area contributed by atoms with E-state index < -0.39 is 29.0 Å². The Morgan fingerprint density at radius 3 is 1.79 bits per heavy atom. The van der Waals surface area contributed by atoms with Crippen LogP contribution in [0.2, 0.25) is 0 Å². The Labute approximate surface area is 283 Å². The number of nitrogens with one attached hydrogen (secondary N) is 2. The summed E-state index contributed by atoms with van der Waals surface area (Å²) < 4.78 is 15.1. The first kappa shape index (κ1) is 34.0. The summed E-state index contributed by atoms with van der Waals surface area (Å²) in [5.41, 5.74) is 1.56. The van der Waals surface area contributed by atoms with Gasteiger partial charge in [0.15, 0.2) is 11.5 Å². The van der Waals surface area contributed by atoms with E-state index in [2.05, 4.69) is 33.1 Å². The Morgan fingerprint density at radius 1 is 0.812 bits per heavy atom. The van der Waals surface area contributed by atoms with Gasteiger partial charge in [0, 0.05) is 17.3 Å². The lowest BCUT2D eigenvalue weighted by Gasteiger charge is -2.20. The highest BCUT2D eigenvalue weighted by atomic mass is 79.9. The maximum atomic E-state index is 14.3. The molecule has 5 aromatic rings. The Kier molecular flexibility index (Phi) is 10.1. The second-order valence-corrected chi connectivity index (χ2v) is 12.0. The highest BCUT2D eigenvalue weighted by Crippen LogP contribution is 2.42. The number of aromatic nitrogens is 4. The minimum atomic E-state index is -1.14. The number of carbonyl (C=O) groups is 2. The van der Waals surface area contributed by atoms with Gasteiger partial charge in [-0.15, -0.1) is 0 Å². The van der Waals surface area contributed by atoms with Gasteiger partial charge in [0.2, 0.25) is 0 Å². The average molecular weight is 720 g/mol. The predicted molar refractivity (Wildman–Crippen MR) is 183 cm³/mol. The molecule has 13 heteroatoms. The Bertz CT molecular complexity index is 2010. The van der Waals surface area contributed by atoms with Crippen LogP contribution in [0, 0.1) is 13.8 Å². The number of carboxylic acids is 2. The Balaban J connectivity index is 1.78. The summed E-state index contributed by atoms with van der Waals surface area (Å²) in [4.78, 5) is 52.1. The van der Waals surface area contributed by atoms with Crippen LogP contribution in [0.15, 0.2) is 74.7 Å². The molecular formula is C35H35BrN4O8. The molecular weight excluding hydrogens is 684 g/mol. The molecule has 2 heterocycles. The molecule has 0 atom stereocenters. The molecule has 250 valence electrons. The van der Waals surface area contributed by atoms with E-state index >= 15 is 0 Å². The standard InChI is InChI=1S/C35H35BrN4O8/c1-5-7-14-48-31-26(36)17-23(18-27(31)47-6-2)30(28-19(3)37-39(32(28)41)24-12-8-10-21(15-24)34(43)44)29-20(4)38-40(33(29)42)25-13-9-11-22(16-25)35(45)46/h8-13,15-18,30,37-38H,5-7,14H2,1-4H3,(H,43,44)(H,45,46). The lowest BCUT2D eigenvalue weighted by molar-refractivity contribution is 0.0686. The number of halogens is 1. The van der Waals surface area contributed by atoms with E-state index in [-0.39, 0.29) is 22.3 Å². The molecule has 0 aliphatic carbocycles. The van der Waals surface area contributed by atoms with Crippen molar-refractivity contribution in [3.05, 3.63) is 125 Å². The topological polar surface area (TPSA) is 169 Å². The fourth-order valence-electron chi connectivity index (χ4n) is 5.67. The number of aryl methyl sites for hydroxylation is 2. The molecule has 0 saturated carbocycles. The number of aromatic carboxylic acids is 2. The maximum Gasteiger partial charge on any atom is 0.335 e. The Hall–Kier alpha value is -5.30. The zero-order valence-corrected chi connectivity index (χ0v) is 28.4. The summed E-state index contributed by atoms with van der Waals surface area (Å²) in [6, 6.07) is 15.5. The monoisotopic (exact) mass is 718 g/mol. The van der Waals surface area contributed by atoms with E-state index in [4.69, 9.17) is 9.47 Å². The van der Waals surface area contributed by atoms with E-state index in [1.807, 2.05) is 6.92 Å². The van der Waals surface area contributed by atoms with E-state index in [9.17, 15) is 29.4 Å². The lowest BCUT2D eigenvalue weighted by atomic mass is 9.85. The van der Waals surface area contributed by atoms with Crippen LogP contribution in [-0.4, -0.2) is 54.9 Å². The average Bonchev–Trinajstić information content (AvgIpc) is 3.52. The van der Waals surface area contributed by atoms with Crippen molar-refractivity contribution in [1.82, 2.24) is 19.6 Å². The van der Waals surface area contributed by atoms with Crippen LogP contribution in [0.25, 0.3) is 11.4 Å². The molecule has 0 spiro atoms. The molecule has 0 aliphatic heterocycles. The summed E-state index contributed by atoms with van der Waals surface area (Å²) in [6.07, 6.45) is 1.77. The van der Waals surface area contributed by atoms with Gasteiger partial charge in [-0.25, -0.2) is 19.0 Å². The molecule has 0 saturated heterocycles. The molecule has 0 fully saturated rings. The number of rotatable bonds is 13. The van der Waals surface area contributed by atoms with Crippen LogP contribution < -0.4 is 20.6 Å². The first-order valence-corrected chi connectivity index (χ1v) is 16.2. The normalized spacial score (nSPS) is 11.2. The Morgan fingerprint density at radius 2 is 1.33 bits per heavy atom. The third kappa shape index (κ3) is 6.58. The van der Waals surface area contributed by atoms with Crippen molar-refractivity contribution in [2.45, 2.75) is 46.5 Å². The predicted octanol–water partition coefficient (Wildman–Crippen LogP) is 6.18. The summed E-state index contributed by atoms with van der Waals surface area (Å²) in [5.74, 6) is -2.32. The van der Waals surface area contributed by atoms with Crippen molar-refractivity contribution < 1.29 is 29.3 Å². The van der Waals surface area contributed by atoms with Gasteiger partial charge in [0.05, 0.1) is 51.3 Å². The molecule has 2 aromatic heterocycles. The number of unbranched alkanes of at least 4 members (excludes halogenated alkanes) is 1. The maximum absolute atomic E-state index is 14.3. The lowest BCUT2D eigenvalue weighted by Crippen LogP contribution is -2.25. The van der Waals surface area contributed by atoms with Crippen molar-refractivity contribution >= 4 is 27.9 Å². The van der Waals surface area contributed by atoms with Crippen molar-refractivity contribution in [3.63, 3.8) is 0 Å². The van der Waals surface area contributed by atoms with Crippen LogP contribution in [0.1, 0.15) is 81.4 Å². The molecule has 4 N–H and O–H groups in total. The SMILES string of the molecule is CCCCOc1c(Br)cc(C(c2c(C)[nH]n(-c3cccc(C(=O)O)c3)c2=O)c2c(C)[nH]n(-c3cccc(C(=O)O)c3)c2=O)cc1OCC. The molecule has 0 radical (unpaired) electrons. The largest absolute Gasteiger partial charge is 0.490 e. The highest BCUT2D eigenvalue weighted by Gasteiger charge is 2.32. The van der Waals surface area contributed by atoms with Gasteiger partial charge in [-0.3, -0.25) is 19.8 Å². The molecule has 0 bridgehead atoms. The van der Waals surface area contributed by atoms with Crippen molar-refractivity contribution in [2.24, 2.45) is 0 Å². The first-order valence-electron chi connectivity index (χ1n) is 15.4. The summed E-state index contributed by atoms with van der Waals surface area (Å²) in [7, 11) is 0. The molecule has 12 nitrogen and oxygen atoms in total. The fraction of sp³-hybridized carbons (Fsp3) is 0.257. The second kappa shape index (κ2) is 14.2. The van der Waals surface area contributed by atoms with Crippen molar-refractivity contribution in [1.29, 1.82) is 0 Å². The van der Waals surface area contributed by atoms with E-state index in [1.165, 1.54) is 33.6 Å². The quantitative estimate of drug-likeness (QED) is 0.105. The number of nitrogens with zero attached hydrogens (tertiary/aromatic N) is 2. The van der Waals surface area contributed by atoms with Gasteiger partial charge < -0.3 is 19.7 Å². The van der Waals surface area contributed by atoms with Gasteiger partial charge in [-0.05, 0) is 97.2 Å². The number of ether oxygens (including phenoxy) is 2. The van der Waals surface area contributed by atoms with Gasteiger partial charge in [-0.1, -0.05) is 25.5 Å². The molecule has 0 aliphatic rings. The third-order valence-electron chi connectivity index (χ3n) is 7.92. The third-order valence-corrected chi connectivity index (χ3v) is 8.51. The van der Waals surface area contributed by atoms with Gasteiger partial charge in [0.1, 0.15) is 0 Å². The minimum absolute atomic E-state index is 0.00154. The summed E-state index contributed by atoms with van der Waals surface area (Å²) in [5, 5.41) is 25.3. The van der Waals surface area contributed by atoms with Crippen molar-refractivity contribution in [3.8, 4) is 22.9 Å². The van der Waals surface area contributed by atoms with Gasteiger partial charge in [-0.2, -0.15) is 0 Å². The number of hydrogen-bond donors (Lipinski definition) is 4. The van der Waals surface area contributed by atoms with Gasteiger partial charge >= 0.3 is 11.9 Å². The summed E-state index contributed by atoms with van der Waals surface area (Å²) in [6.45, 7) is 8.11. The van der Waals surface area contributed by atoms with Crippen LogP contribution in [0.5, 0.6) is 11.5 Å². The summed E-state index contributed by atoms with van der Waals surface area (Å²) >= 11 is 3.64. The second-order valence-electron chi connectivity index (χ2n) is 11.2. The fourth-order valence-corrected chi connectivity index (χ4v) is 6.25. The van der Waals surface area contributed by atoms with Crippen molar-refractivity contribution in [2.75, 3.05) is 13.2 Å². The number of benzene rings is 3. The van der Waals surface area contributed by atoms with E-state index in [1.54, 1.807) is 50.2 Å². The smallest absolute Gasteiger partial charge is 0.335 e. The number of hydrogen-bond acceptors (Lipinski definition) is 6. The molecule has 48 heavy (non-hydrogen) atoms. The number of H-pyrrole nitrogens is 2. The van der Waals surface area contributed by atoms with Crippen LogP contribution in [0.3, 0.4) is 0 Å².